The molecule has 0 aliphatic heterocycles. The molecule has 0 aromatic heterocycles. The van der Waals surface area contributed by atoms with E-state index in [4.69, 9.17) is 4.74 Å². The van der Waals surface area contributed by atoms with Crippen molar-refractivity contribution < 1.29 is 9.53 Å². The molecule has 0 aliphatic carbocycles. The third-order valence-electron chi connectivity index (χ3n) is 4.77. The van der Waals surface area contributed by atoms with Crippen LogP contribution in [0.2, 0.25) is 0 Å². The molecule has 3 rings (SSSR count). The Labute approximate surface area is 161 Å². The van der Waals surface area contributed by atoms with E-state index < -0.39 is 0 Å². The molecule has 138 valence electrons. The Bertz CT molecular complexity index is 901. The van der Waals surface area contributed by atoms with Gasteiger partial charge in [-0.15, -0.1) is 0 Å². The third-order valence-corrected chi connectivity index (χ3v) is 4.77. The number of benzene rings is 3. The molecule has 3 heteroatoms. The van der Waals surface area contributed by atoms with Crippen LogP contribution in [0, 0.1) is 13.8 Å². The van der Waals surface area contributed by atoms with Crippen molar-refractivity contribution in [2.24, 2.45) is 0 Å². The second kappa shape index (κ2) is 8.54. The minimum absolute atomic E-state index is 0.00613. The highest BCUT2D eigenvalue weighted by Gasteiger charge is 2.19. The fourth-order valence-electron chi connectivity index (χ4n) is 3.29. The van der Waals surface area contributed by atoms with E-state index >= 15 is 0 Å². The third kappa shape index (κ3) is 4.76. The summed E-state index contributed by atoms with van der Waals surface area (Å²) in [6, 6.07) is 24.1. The van der Waals surface area contributed by atoms with Crippen LogP contribution in [0.25, 0.3) is 0 Å². The first-order valence-electron chi connectivity index (χ1n) is 9.13. The van der Waals surface area contributed by atoms with Crippen LogP contribution in [0.15, 0.2) is 72.8 Å². The van der Waals surface area contributed by atoms with E-state index in [0.29, 0.717) is 6.42 Å². The van der Waals surface area contributed by atoms with Gasteiger partial charge in [0, 0.05) is 18.0 Å². The molecule has 3 nitrogen and oxygen atoms in total. The zero-order valence-corrected chi connectivity index (χ0v) is 16.0. The van der Waals surface area contributed by atoms with Crippen LogP contribution < -0.4 is 10.1 Å². The van der Waals surface area contributed by atoms with E-state index in [1.54, 1.807) is 7.11 Å². The van der Waals surface area contributed by atoms with Crippen LogP contribution in [-0.4, -0.2) is 13.0 Å². The van der Waals surface area contributed by atoms with Crippen molar-refractivity contribution in [3.05, 3.63) is 95.1 Å². The second-order valence-electron chi connectivity index (χ2n) is 6.81. The SMILES string of the molecule is COc1ccc(C(CC(=O)Nc2ccc(C)cc2C)c2ccccc2)cc1. The van der Waals surface area contributed by atoms with Gasteiger partial charge in [0.2, 0.25) is 5.91 Å². The molecule has 0 radical (unpaired) electrons. The summed E-state index contributed by atoms with van der Waals surface area (Å²) in [5.74, 6) is 0.805. The van der Waals surface area contributed by atoms with Crippen molar-refractivity contribution >= 4 is 11.6 Å². The van der Waals surface area contributed by atoms with E-state index in [1.807, 2.05) is 68.4 Å². The molecule has 0 saturated heterocycles. The van der Waals surface area contributed by atoms with E-state index in [0.717, 1.165) is 28.1 Å². The van der Waals surface area contributed by atoms with Gasteiger partial charge in [0.15, 0.2) is 0 Å². The van der Waals surface area contributed by atoms with E-state index in [9.17, 15) is 4.79 Å². The van der Waals surface area contributed by atoms with Gasteiger partial charge in [-0.1, -0.05) is 60.2 Å². The lowest BCUT2D eigenvalue weighted by Crippen LogP contribution is -2.17. The topological polar surface area (TPSA) is 38.3 Å². The highest BCUT2D eigenvalue weighted by atomic mass is 16.5. The summed E-state index contributed by atoms with van der Waals surface area (Å²) in [4.78, 5) is 12.8. The van der Waals surface area contributed by atoms with Gasteiger partial charge < -0.3 is 10.1 Å². The van der Waals surface area contributed by atoms with Gasteiger partial charge >= 0.3 is 0 Å². The van der Waals surface area contributed by atoms with Crippen molar-refractivity contribution in [2.45, 2.75) is 26.2 Å². The lowest BCUT2D eigenvalue weighted by Gasteiger charge is -2.19. The first-order chi connectivity index (χ1) is 13.1. The summed E-state index contributed by atoms with van der Waals surface area (Å²) in [6.07, 6.45) is 0.379. The van der Waals surface area contributed by atoms with Crippen LogP contribution in [-0.2, 0) is 4.79 Å². The van der Waals surface area contributed by atoms with Gasteiger partial charge in [-0.2, -0.15) is 0 Å². The zero-order valence-electron chi connectivity index (χ0n) is 16.0. The molecule has 0 saturated carbocycles. The van der Waals surface area contributed by atoms with Crippen LogP contribution in [0.5, 0.6) is 5.75 Å². The van der Waals surface area contributed by atoms with E-state index in [-0.39, 0.29) is 11.8 Å². The fraction of sp³-hybridized carbons (Fsp3) is 0.208. The maximum atomic E-state index is 12.8. The Morgan fingerprint density at radius 2 is 1.59 bits per heavy atom. The number of ether oxygens (including phenoxy) is 1. The molecule has 1 amide bonds. The van der Waals surface area contributed by atoms with Crippen LogP contribution in [0.1, 0.15) is 34.6 Å². The van der Waals surface area contributed by atoms with Crippen LogP contribution >= 0.6 is 0 Å². The Morgan fingerprint density at radius 3 is 2.22 bits per heavy atom. The largest absolute Gasteiger partial charge is 0.497 e. The number of hydrogen-bond donors (Lipinski definition) is 1. The number of amides is 1. The highest BCUT2D eigenvalue weighted by Crippen LogP contribution is 2.30. The molecule has 3 aromatic rings. The van der Waals surface area contributed by atoms with Crippen LogP contribution in [0.3, 0.4) is 0 Å². The second-order valence-corrected chi connectivity index (χ2v) is 6.81. The standard InChI is InChI=1S/C24H25NO2/c1-17-9-14-23(18(2)15-17)25-24(26)16-22(19-7-5-4-6-8-19)20-10-12-21(27-3)13-11-20/h4-15,22H,16H2,1-3H3,(H,25,26). The maximum absolute atomic E-state index is 12.8. The predicted octanol–water partition coefficient (Wildman–Crippen LogP) is 5.47. The Morgan fingerprint density at radius 1 is 0.926 bits per heavy atom. The summed E-state index contributed by atoms with van der Waals surface area (Å²) < 4.78 is 5.26. The molecule has 1 N–H and O–H groups in total. The lowest BCUT2D eigenvalue weighted by molar-refractivity contribution is -0.116. The number of nitrogens with one attached hydrogen (secondary N) is 1. The molecule has 0 heterocycles. The minimum Gasteiger partial charge on any atom is -0.497 e. The first kappa shape index (κ1) is 18.7. The molecule has 1 unspecified atom stereocenters. The molecular formula is C24H25NO2. The molecular weight excluding hydrogens is 334 g/mol. The van der Waals surface area contributed by atoms with Gasteiger partial charge in [-0.05, 0) is 48.7 Å². The molecule has 3 aromatic carbocycles. The molecule has 1 atom stereocenters. The number of methoxy groups -OCH3 is 1. The average molecular weight is 359 g/mol. The predicted molar refractivity (Wildman–Crippen MR) is 110 cm³/mol. The van der Waals surface area contributed by atoms with Gasteiger partial charge in [-0.25, -0.2) is 0 Å². The van der Waals surface area contributed by atoms with E-state index in [2.05, 4.69) is 23.5 Å². The summed E-state index contributed by atoms with van der Waals surface area (Å²) in [5.41, 5.74) is 5.35. The summed E-state index contributed by atoms with van der Waals surface area (Å²) in [7, 11) is 1.65. The number of rotatable bonds is 6. The Hall–Kier alpha value is -3.07. The number of aryl methyl sites for hydroxylation is 2. The molecule has 0 bridgehead atoms. The number of hydrogen-bond acceptors (Lipinski definition) is 2. The number of anilines is 1. The monoisotopic (exact) mass is 359 g/mol. The van der Waals surface area contributed by atoms with E-state index in [1.165, 1.54) is 5.56 Å². The van der Waals surface area contributed by atoms with Gasteiger partial charge in [0.05, 0.1) is 7.11 Å². The average Bonchev–Trinajstić information content (AvgIpc) is 2.69. The summed E-state index contributed by atoms with van der Waals surface area (Å²) in [5, 5.41) is 3.07. The fourth-order valence-corrected chi connectivity index (χ4v) is 3.29. The summed E-state index contributed by atoms with van der Waals surface area (Å²) >= 11 is 0. The van der Waals surface area contributed by atoms with Crippen molar-refractivity contribution in [2.75, 3.05) is 12.4 Å². The number of carbonyl (C=O) groups is 1. The van der Waals surface area contributed by atoms with Crippen molar-refractivity contribution in [1.29, 1.82) is 0 Å². The highest BCUT2D eigenvalue weighted by molar-refractivity contribution is 5.92. The smallest absolute Gasteiger partial charge is 0.225 e. The molecule has 0 aliphatic rings. The zero-order chi connectivity index (χ0) is 19.2. The van der Waals surface area contributed by atoms with Gasteiger partial charge in [0.1, 0.15) is 5.75 Å². The van der Waals surface area contributed by atoms with Crippen molar-refractivity contribution in [1.82, 2.24) is 0 Å². The minimum atomic E-state index is -0.0112. The molecule has 0 fully saturated rings. The van der Waals surface area contributed by atoms with Crippen molar-refractivity contribution in [3.8, 4) is 5.75 Å². The van der Waals surface area contributed by atoms with Gasteiger partial charge in [0.25, 0.3) is 0 Å². The summed E-state index contributed by atoms with van der Waals surface area (Å²) in [6.45, 7) is 4.06. The lowest BCUT2D eigenvalue weighted by atomic mass is 9.88. The quantitative estimate of drug-likeness (QED) is 0.633. The Balaban J connectivity index is 1.83. The molecule has 27 heavy (non-hydrogen) atoms. The normalized spacial score (nSPS) is 11.7. The molecule has 0 spiro atoms. The Kier molecular flexibility index (Phi) is 5.92. The van der Waals surface area contributed by atoms with Gasteiger partial charge in [-0.3, -0.25) is 4.79 Å². The number of carbonyl (C=O) groups excluding carboxylic acids is 1. The maximum Gasteiger partial charge on any atom is 0.225 e. The van der Waals surface area contributed by atoms with Crippen LogP contribution in [0.4, 0.5) is 5.69 Å². The first-order valence-corrected chi connectivity index (χ1v) is 9.13. The van der Waals surface area contributed by atoms with Crippen molar-refractivity contribution in [3.63, 3.8) is 0 Å².